The number of nitrogens with zero attached hydrogens (tertiary/aromatic N) is 2. The van der Waals surface area contributed by atoms with Gasteiger partial charge in [0.25, 0.3) is 5.91 Å². The molecule has 2 aliphatic rings. The van der Waals surface area contributed by atoms with Gasteiger partial charge in [0, 0.05) is 37.6 Å². The largest absolute Gasteiger partial charge is 0.378 e. The summed E-state index contributed by atoms with van der Waals surface area (Å²) in [6.45, 7) is 3.37. The van der Waals surface area contributed by atoms with E-state index in [1.807, 2.05) is 61.5 Å². The van der Waals surface area contributed by atoms with Crippen LogP contribution >= 0.6 is 0 Å². The van der Waals surface area contributed by atoms with Gasteiger partial charge in [0.15, 0.2) is 0 Å². The number of amides is 1. The molecule has 0 aromatic heterocycles. The molecule has 1 amide bonds. The summed E-state index contributed by atoms with van der Waals surface area (Å²) in [6, 6.07) is 24.8. The first-order valence-corrected chi connectivity index (χ1v) is 12.1. The number of fused-ring (bicyclic) bond motifs is 1. The molecule has 5 rings (SSSR count). The highest BCUT2D eigenvalue weighted by Gasteiger charge is 2.29. The van der Waals surface area contributed by atoms with E-state index in [1.54, 1.807) is 0 Å². The van der Waals surface area contributed by atoms with Crippen LogP contribution in [-0.2, 0) is 11.3 Å². The zero-order valence-electron chi connectivity index (χ0n) is 20.0. The fraction of sp³-hybridized carbons (Fsp3) is 0.276. The van der Waals surface area contributed by atoms with Crippen molar-refractivity contribution in [3.05, 3.63) is 89.5 Å². The molecule has 3 aromatic carbocycles. The Kier molecular flexibility index (Phi) is 6.37. The minimum absolute atomic E-state index is 0.0843. The molecule has 2 N–H and O–H groups in total. The van der Waals surface area contributed by atoms with Gasteiger partial charge < -0.3 is 15.5 Å². The molecule has 3 aromatic rings. The second kappa shape index (κ2) is 9.74. The van der Waals surface area contributed by atoms with Crippen molar-refractivity contribution in [1.82, 2.24) is 4.90 Å². The highest BCUT2D eigenvalue weighted by Crippen LogP contribution is 2.39. The third-order valence-electron chi connectivity index (χ3n) is 6.65. The van der Waals surface area contributed by atoms with Gasteiger partial charge in [-0.3, -0.25) is 9.69 Å². The number of hydrogen-bond acceptors (Lipinski definition) is 4. The fourth-order valence-corrected chi connectivity index (χ4v) is 4.78. The summed E-state index contributed by atoms with van der Waals surface area (Å²) < 4.78 is 0. The molecule has 0 spiro atoms. The van der Waals surface area contributed by atoms with Gasteiger partial charge in [-0.2, -0.15) is 0 Å². The van der Waals surface area contributed by atoms with E-state index in [2.05, 4.69) is 45.9 Å². The van der Waals surface area contributed by atoms with Crippen LogP contribution in [-0.4, -0.2) is 38.0 Å². The molecule has 1 saturated heterocycles. The predicted octanol–water partition coefficient (Wildman–Crippen LogP) is 5.67. The lowest BCUT2D eigenvalue weighted by atomic mass is 9.99. The first kappa shape index (κ1) is 22.2. The van der Waals surface area contributed by atoms with Crippen LogP contribution < -0.4 is 15.5 Å². The number of rotatable bonds is 6. The lowest BCUT2D eigenvalue weighted by molar-refractivity contribution is -0.110. The molecule has 0 atom stereocenters. The van der Waals surface area contributed by atoms with Crippen LogP contribution in [0.15, 0.2) is 72.8 Å². The molecule has 34 heavy (non-hydrogen) atoms. The lowest BCUT2D eigenvalue weighted by Crippen LogP contribution is -2.29. The number of benzene rings is 3. The zero-order chi connectivity index (χ0) is 23.5. The second-order valence-corrected chi connectivity index (χ2v) is 9.35. The Labute approximate surface area is 202 Å². The van der Waals surface area contributed by atoms with Crippen molar-refractivity contribution < 1.29 is 4.79 Å². The standard InChI is InChI=1S/C29H32N4O/c1-32(2)24-15-16-25-26(19-24)31-29(34)27(25)28(22-9-5-3-6-10-22)30-23-13-11-21(12-14-23)20-33-17-7-4-8-18-33/h3,5-6,9-16,19,30H,4,7-8,17-18,20H2,1-2H3,(H,31,34)/b28-27-. The number of nitrogens with one attached hydrogen (secondary N) is 2. The maximum absolute atomic E-state index is 13.2. The Morgan fingerprint density at radius 1 is 0.941 bits per heavy atom. The van der Waals surface area contributed by atoms with E-state index >= 15 is 0 Å². The van der Waals surface area contributed by atoms with E-state index < -0.39 is 0 Å². The average molecular weight is 453 g/mol. The Hall–Kier alpha value is -3.57. The minimum atomic E-state index is -0.0843. The third-order valence-corrected chi connectivity index (χ3v) is 6.65. The first-order valence-electron chi connectivity index (χ1n) is 12.1. The summed E-state index contributed by atoms with van der Waals surface area (Å²) in [4.78, 5) is 17.7. The van der Waals surface area contributed by atoms with Gasteiger partial charge in [-0.25, -0.2) is 0 Å². The first-order chi connectivity index (χ1) is 16.6. The van der Waals surface area contributed by atoms with Crippen LogP contribution in [0.5, 0.6) is 0 Å². The van der Waals surface area contributed by atoms with E-state index in [4.69, 9.17) is 0 Å². The van der Waals surface area contributed by atoms with Crippen molar-refractivity contribution >= 4 is 34.2 Å². The van der Waals surface area contributed by atoms with Gasteiger partial charge in [-0.1, -0.05) is 48.9 Å². The molecule has 5 heteroatoms. The summed E-state index contributed by atoms with van der Waals surface area (Å²) >= 11 is 0. The quantitative estimate of drug-likeness (QED) is 0.473. The van der Waals surface area contributed by atoms with E-state index in [9.17, 15) is 4.79 Å². The molecule has 174 valence electrons. The molecule has 0 bridgehead atoms. The maximum Gasteiger partial charge on any atom is 0.258 e. The number of piperidine rings is 1. The number of likely N-dealkylation sites (tertiary alicyclic amines) is 1. The molecule has 0 saturated carbocycles. The summed E-state index contributed by atoms with van der Waals surface area (Å²) in [7, 11) is 4.00. The van der Waals surface area contributed by atoms with Crippen LogP contribution in [0.2, 0.25) is 0 Å². The molecule has 0 aliphatic carbocycles. The van der Waals surface area contributed by atoms with Gasteiger partial charge in [-0.15, -0.1) is 0 Å². The van der Waals surface area contributed by atoms with Gasteiger partial charge in [0.1, 0.15) is 0 Å². The van der Waals surface area contributed by atoms with E-state index in [0.717, 1.165) is 40.4 Å². The van der Waals surface area contributed by atoms with Crippen molar-refractivity contribution in [1.29, 1.82) is 0 Å². The SMILES string of the molecule is CN(C)c1ccc2c(c1)NC(=O)/C2=C(\Nc1ccc(CN2CCCCC2)cc1)c1ccccc1. The Bertz CT molecular complexity index is 1190. The monoisotopic (exact) mass is 452 g/mol. The highest BCUT2D eigenvalue weighted by molar-refractivity contribution is 6.37. The van der Waals surface area contributed by atoms with Crippen LogP contribution in [0.25, 0.3) is 11.3 Å². The number of carbonyl (C=O) groups excluding carboxylic acids is 1. The highest BCUT2D eigenvalue weighted by atomic mass is 16.2. The van der Waals surface area contributed by atoms with Crippen molar-refractivity contribution in [2.75, 3.05) is 42.7 Å². The van der Waals surface area contributed by atoms with Gasteiger partial charge in [-0.05, 0) is 67.4 Å². The van der Waals surface area contributed by atoms with Crippen molar-refractivity contribution in [2.24, 2.45) is 0 Å². The van der Waals surface area contributed by atoms with Crippen molar-refractivity contribution in [2.45, 2.75) is 25.8 Å². The Balaban J connectivity index is 1.47. The summed E-state index contributed by atoms with van der Waals surface area (Å²) in [6.07, 6.45) is 3.95. The van der Waals surface area contributed by atoms with Crippen LogP contribution in [0.3, 0.4) is 0 Å². The normalized spacial score (nSPS) is 17.2. The number of anilines is 3. The van der Waals surface area contributed by atoms with E-state index in [1.165, 1.54) is 37.9 Å². The average Bonchev–Trinajstić information content (AvgIpc) is 3.19. The third kappa shape index (κ3) is 4.70. The number of hydrogen-bond donors (Lipinski definition) is 2. The molecule has 2 heterocycles. The maximum atomic E-state index is 13.2. The zero-order valence-corrected chi connectivity index (χ0v) is 20.0. The van der Waals surface area contributed by atoms with Crippen molar-refractivity contribution in [3.63, 3.8) is 0 Å². The van der Waals surface area contributed by atoms with Gasteiger partial charge in [0.2, 0.25) is 0 Å². The summed E-state index contributed by atoms with van der Waals surface area (Å²) in [5.41, 5.74) is 7.58. The summed E-state index contributed by atoms with van der Waals surface area (Å²) in [5.74, 6) is -0.0843. The van der Waals surface area contributed by atoms with Gasteiger partial charge in [0.05, 0.1) is 17.0 Å². The molecular weight excluding hydrogens is 420 g/mol. The molecular formula is C29H32N4O. The van der Waals surface area contributed by atoms with E-state index in [0.29, 0.717) is 5.57 Å². The van der Waals surface area contributed by atoms with Crippen LogP contribution in [0.1, 0.15) is 36.0 Å². The van der Waals surface area contributed by atoms with Crippen LogP contribution in [0, 0.1) is 0 Å². The lowest BCUT2D eigenvalue weighted by Gasteiger charge is -2.26. The molecule has 5 nitrogen and oxygen atoms in total. The predicted molar refractivity (Wildman–Crippen MR) is 142 cm³/mol. The molecule has 0 unspecified atom stereocenters. The summed E-state index contributed by atoms with van der Waals surface area (Å²) in [5, 5.41) is 6.64. The Morgan fingerprint density at radius 2 is 1.68 bits per heavy atom. The second-order valence-electron chi connectivity index (χ2n) is 9.35. The minimum Gasteiger partial charge on any atom is -0.378 e. The van der Waals surface area contributed by atoms with Crippen molar-refractivity contribution in [3.8, 4) is 0 Å². The fourth-order valence-electron chi connectivity index (χ4n) is 4.78. The van der Waals surface area contributed by atoms with E-state index in [-0.39, 0.29) is 5.91 Å². The topological polar surface area (TPSA) is 47.6 Å². The Morgan fingerprint density at radius 3 is 2.38 bits per heavy atom. The molecule has 0 radical (unpaired) electrons. The number of carbonyl (C=O) groups is 1. The smallest absolute Gasteiger partial charge is 0.258 e. The molecule has 2 aliphatic heterocycles. The van der Waals surface area contributed by atoms with Gasteiger partial charge >= 0.3 is 0 Å². The molecule has 1 fully saturated rings. The van der Waals surface area contributed by atoms with Crippen LogP contribution in [0.4, 0.5) is 17.1 Å².